The van der Waals surface area contributed by atoms with Gasteiger partial charge in [-0.1, -0.05) is 24.1 Å². The second kappa shape index (κ2) is 7.76. The highest BCUT2D eigenvalue weighted by Gasteiger charge is 2.42. The van der Waals surface area contributed by atoms with Crippen molar-refractivity contribution < 1.29 is 17.9 Å². The molecule has 0 unspecified atom stereocenters. The minimum Gasteiger partial charge on any atom is -0.462 e. The van der Waals surface area contributed by atoms with Crippen molar-refractivity contribution in [3.8, 4) is 0 Å². The first-order valence-electron chi connectivity index (χ1n) is 9.11. The number of aryl methyl sites for hydroxylation is 1. The van der Waals surface area contributed by atoms with Crippen molar-refractivity contribution in [3.05, 3.63) is 53.6 Å². The lowest BCUT2D eigenvalue weighted by Crippen LogP contribution is -2.39. The molecule has 1 aromatic carbocycles. The molecule has 1 fully saturated rings. The highest BCUT2D eigenvalue weighted by atomic mass is 32.2. The first kappa shape index (κ1) is 19.5. The van der Waals surface area contributed by atoms with Gasteiger partial charge in [0.25, 0.3) is 0 Å². The molecule has 0 amide bonds. The second-order valence-electron chi connectivity index (χ2n) is 7.21. The smallest absolute Gasteiger partial charge is 0.341 e. The lowest BCUT2D eigenvalue weighted by atomic mass is 9.68. The fraction of sp³-hybridized carbons (Fsp3) is 0.450. The van der Waals surface area contributed by atoms with E-state index < -0.39 is 15.8 Å². The quantitative estimate of drug-likeness (QED) is 0.677. The van der Waals surface area contributed by atoms with Crippen LogP contribution in [-0.4, -0.2) is 36.7 Å². The number of carbonyl (C=O) groups excluding carboxylic acids is 1. The summed E-state index contributed by atoms with van der Waals surface area (Å²) in [7, 11) is -3.37. The number of carbonyl (C=O) groups is 1. The maximum Gasteiger partial charge on any atom is 0.341 e. The summed E-state index contributed by atoms with van der Waals surface area (Å²) in [6, 6.07) is 6.97. The molecular formula is C20H24N2O4S. The number of esters is 1. The first-order chi connectivity index (χ1) is 12.8. The van der Waals surface area contributed by atoms with Crippen LogP contribution in [0, 0.1) is 12.3 Å². The molecule has 0 bridgehead atoms. The zero-order valence-corrected chi connectivity index (χ0v) is 16.5. The van der Waals surface area contributed by atoms with Crippen LogP contribution in [0.5, 0.6) is 0 Å². The van der Waals surface area contributed by atoms with Gasteiger partial charge in [0.15, 0.2) is 9.84 Å². The van der Waals surface area contributed by atoms with Crippen molar-refractivity contribution in [2.24, 2.45) is 5.41 Å². The van der Waals surface area contributed by atoms with Crippen molar-refractivity contribution >= 4 is 15.8 Å². The van der Waals surface area contributed by atoms with Gasteiger partial charge >= 0.3 is 5.97 Å². The Labute approximate surface area is 159 Å². The normalized spacial score (nSPS) is 15.8. The maximum absolute atomic E-state index is 12.9. The van der Waals surface area contributed by atoms with Gasteiger partial charge < -0.3 is 4.74 Å². The molecule has 0 atom stereocenters. The number of hydrogen-bond donors (Lipinski definition) is 0. The molecule has 1 aliphatic rings. The Balaban J connectivity index is 1.74. The topological polar surface area (TPSA) is 86.2 Å². The van der Waals surface area contributed by atoms with Gasteiger partial charge in [0.2, 0.25) is 0 Å². The van der Waals surface area contributed by atoms with Crippen LogP contribution in [0.4, 0.5) is 0 Å². The molecule has 27 heavy (non-hydrogen) atoms. The lowest BCUT2D eigenvalue weighted by Gasteiger charge is -2.41. The molecule has 7 heteroatoms. The van der Waals surface area contributed by atoms with Crippen molar-refractivity contribution in [2.45, 2.75) is 44.4 Å². The van der Waals surface area contributed by atoms with Gasteiger partial charge in [-0.25, -0.2) is 23.2 Å². The molecule has 0 N–H and O–H groups in total. The summed E-state index contributed by atoms with van der Waals surface area (Å²) in [6.07, 6.45) is 6.05. The third-order valence-electron chi connectivity index (χ3n) is 5.04. The molecule has 2 aromatic rings. The largest absolute Gasteiger partial charge is 0.462 e. The summed E-state index contributed by atoms with van der Waals surface area (Å²) in [6.45, 7) is 3.96. The third-order valence-corrected chi connectivity index (χ3v) is 7.02. The zero-order valence-electron chi connectivity index (χ0n) is 15.6. The molecule has 1 aromatic heterocycles. The van der Waals surface area contributed by atoms with Crippen LogP contribution in [0.2, 0.25) is 0 Å². The summed E-state index contributed by atoms with van der Waals surface area (Å²) in [5.41, 5.74) is 0.993. The fourth-order valence-corrected chi connectivity index (χ4v) is 5.30. The molecule has 144 valence electrons. The molecular weight excluding hydrogens is 364 g/mol. The molecule has 1 aliphatic carbocycles. The zero-order chi connectivity index (χ0) is 19.5. The minimum absolute atomic E-state index is 0.0893. The van der Waals surface area contributed by atoms with Gasteiger partial charge in [-0.15, -0.1) is 0 Å². The Morgan fingerprint density at radius 1 is 1.15 bits per heavy atom. The van der Waals surface area contributed by atoms with E-state index in [4.69, 9.17) is 4.74 Å². The van der Waals surface area contributed by atoms with E-state index >= 15 is 0 Å². The van der Waals surface area contributed by atoms with Crippen LogP contribution in [0.15, 0.2) is 41.6 Å². The van der Waals surface area contributed by atoms with Crippen LogP contribution < -0.4 is 0 Å². The Morgan fingerprint density at radius 3 is 2.30 bits per heavy atom. The highest BCUT2D eigenvalue weighted by Crippen LogP contribution is 2.45. The van der Waals surface area contributed by atoms with E-state index in [2.05, 4.69) is 9.97 Å². The number of nitrogens with zero attached hydrogens (tertiary/aromatic N) is 2. The number of ether oxygens (including phenoxy) is 1. The van der Waals surface area contributed by atoms with Gasteiger partial charge in [0, 0.05) is 18.8 Å². The SMILES string of the molecule is CCOC(=O)c1cnc(CC2(CS(=O)(=O)c3ccc(C)cc3)CCC2)nc1. The van der Waals surface area contributed by atoms with Gasteiger partial charge in [0.05, 0.1) is 22.8 Å². The van der Waals surface area contributed by atoms with Crippen LogP contribution in [0.25, 0.3) is 0 Å². The Morgan fingerprint density at radius 2 is 1.78 bits per heavy atom. The van der Waals surface area contributed by atoms with Crippen LogP contribution in [0.3, 0.4) is 0 Å². The molecule has 1 saturated carbocycles. The fourth-order valence-electron chi connectivity index (χ4n) is 3.38. The van der Waals surface area contributed by atoms with Gasteiger partial charge in [-0.2, -0.15) is 0 Å². The van der Waals surface area contributed by atoms with Crippen molar-refractivity contribution in [1.82, 2.24) is 9.97 Å². The predicted octanol–water partition coefficient (Wildman–Crippen LogP) is 3.15. The summed E-state index contributed by atoms with van der Waals surface area (Å²) in [5, 5.41) is 0. The monoisotopic (exact) mass is 388 g/mol. The van der Waals surface area contributed by atoms with Gasteiger partial charge in [-0.3, -0.25) is 0 Å². The van der Waals surface area contributed by atoms with E-state index in [1.165, 1.54) is 12.4 Å². The van der Waals surface area contributed by atoms with E-state index in [0.717, 1.165) is 24.8 Å². The number of hydrogen-bond acceptors (Lipinski definition) is 6. The van der Waals surface area contributed by atoms with E-state index in [0.29, 0.717) is 29.3 Å². The summed E-state index contributed by atoms with van der Waals surface area (Å²) in [4.78, 5) is 20.6. The van der Waals surface area contributed by atoms with E-state index in [-0.39, 0.29) is 11.2 Å². The maximum atomic E-state index is 12.9. The summed E-state index contributed by atoms with van der Waals surface area (Å²) < 4.78 is 30.6. The average Bonchev–Trinajstić information content (AvgIpc) is 2.61. The molecule has 0 radical (unpaired) electrons. The van der Waals surface area contributed by atoms with E-state index in [9.17, 15) is 13.2 Å². The van der Waals surface area contributed by atoms with Crippen LogP contribution in [-0.2, 0) is 21.0 Å². The molecule has 0 saturated heterocycles. The molecule has 1 heterocycles. The average molecular weight is 388 g/mol. The third kappa shape index (κ3) is 4.53. The number of rotatable bonds is 7. The van der Waals surface area contributed by atoms with Gasteiger partial charge in [-0.05, 0) is 44.2 Å². The predicted molar refractivity (Wildman–Crippen MR) is 101 cm³/mol. The molecule has 0 aliphatic heterocycles. The lowest BCUT2D eigenvalue weighted by molar-refractivity contribution is 0.0525. The van der Waals surface area contributed by atoms with Crippen LogP contribution in [0.1, 0.15) is 47.9 Å². The second-order valence-corrected chi connectivity index (χ2v) is 9.20. The van der Waals surface area contributed by atoms with Crippen molar-refractivity contribution in [1.29, 1.82) is 0 Å². The molecule has 0 spiro atoms. The Kier molecular flexibility index (Phi) is 5.60. The molecule has 6 nitrogen and oxygen atoms in total. The van der Waals surface area contributed by atoms with Crippen LogP contribution >= 0.6 is 0 Å². The first-order valence-corrected chi connectivity index (χ1v) is 10.8. The summed E-state index contributed by atoms with van der Waals surface area (Å²) in [5.74, 6) is 0.192. The Hall–Kier alpha value is -2.28. The van der Waals surface area contributed by atoms with Gasteiger partial charge in [0.1, 0.15) is 5.82 Å². The number of aromatic nitrogens is 2. The Bertz CT molecular complexity index is 902. The van der Waals surface area contributed by atoms with E-state index in [1.807, 2.05) is 19.1 Å². The number of benzene rings is 1. The standard InChI is InChI=1S/C20H24N2O4S/c1-3-26-19(23)16-12-21-18(22-13-16)11-20(9-4-10-20)14-27(24,25)17-7-5-15(2)6-8-17/h5-8,12-13H,3-4,9-11,14H2,1-2H3. The summed E-state index contributed by atoms with van der Waals surface area (Å²) >= 11 is 0. The van der Waals surface area contributed by atoms with Crippen molar-refractivity contribution in [3.63, 3.8) is 0 Å². The highest BCUT2D eigenvalue weighted by molar-refractivity contribution is 7.91. The van der Waals surface area contributed by atoms with Crippen molar-refractivity contribution in [2.75, 3.05) is 12.4 Å². The minimum atomic E-state index is -3.37. The van der Waals surface area contributed by atoms with E-state index in [1.54, 1.807) is 19.1 Å². The molecule has 3 rings (SSSR count). The number of sulfone groups is 1.